The number of rotatable bonds is 6. The summed E-state index contributed by atoms with van der Waals surface area (Å²) < 4.78 is 33.3. The van der Waals surface area contributed by atoms with E-state index >= 15 is 0 Å². The van der Waals surface area contributed by atoms with Gasteiger partial charge in [0.2, 0.25) is 0 Å². The summed E-state index contributed by atoms with van der Waals surface area (Å²) in [5, 5.41) is 2.87. The van der Waals surface area contributed by atoms with E-state index in [1.807, 2.05) is 0 Å². The number of halogens is 4. The molecule has 0 aliphatic heterocycles. The number of para-hydroxylation sites is 1. The number of anilines is 1. The summed E-state index contributed by atoms with van der Waals surface area (Å²) in [6.45, 7) is -3.63. The van der Waals surface area contributed by atoms with E-state index in [-0.39, 0.29) is 27.0 Å². The number of carbonyl (C=O) groups is 2. The smallest absolute Gasteiger partial charge is 0.387 e. The van der Waals surface area contributed by atoms with E-state index in [1.165, 1.54) is 30.3 Å². The molecule has 0 unspecified atom stereocenters. The number of alkyl halides is 2. The van der Waals surface area contributed by atoms with Crippen LogP contribution in [0, 0.1) is 0 Å². The highest BCUT2D eigenvalue weighted by atomic mass is 35.5. The molecule has 25 heavy (non-hydrogen) atoms. The van der Waals surface area contributed by atoms with E-state index in [1.54, 1.807) is 6.07 Å². The molecule has 5 nitrogen and oxygen atoms in total. The van der Waals surface area contributed by atoms with Gasteiger partial charge in [-0.25, -0.2) is 4.79 Å². The van der Waals surface area contributed by atoms with Crippen LogP contribution in [0.3, 0.4) is 0 Å². The van der Waals surface area contributed by atoms with Crippen LogP contribution in [0.2, 0.25) is 10.0 Å². The van der Waals surface area contributed by atoms with E-state index in [2.05, 4.69) is 10.1 Å². The van der Waals surface area contributed by atoms with E-state index in [0.717, 1.165) is 6.07 Å². The lowest BCUT2D eigenvalue weighted by molar-refractivity contribution is -0.119. The fourth-order valence-corrected chi connectivity index (χ4v) is 2.30. The second kappa shape index (κ2) is 8.64. The Balaban J connectivity index is 1.94. The molecule has 0 fully saturated rings. The highest BCUT2D eigenvalue weighted by Crippen LogP contribution is 2.29. The predicted molar refractivity (Wildman–Crippen MR) is 88.4 cm³/mol. The number of benzene rings is 2. The van der Waals surface area contributed by atoms with Gasteiger partial charge in [0.1, 0.15) is 5.75 Å². The van der Waals surface area contributed by atoms with E-state index in [4.69, 9.17) is 27.9 Å². The number of hydrogen-bond donors (Lipinski definition) is 1. The first-order valence-electron chi connectivity index (χ1n) is 6.82. The zero-order chi connectivity index (χ0) is 18.4. The molecular formula is C16H11Cl2F2NO4. The maximum atomic E-state index is 12.2. The van der Waals surface area contributed by atoms with Crippen molar-refractivity contribution in [3.8, 4) is 5.75 Å². The van der Waals surface area contributed by atoms with Crippen molar-refractivity contribution in [2.75, 3.05) is 11.9 Å². The topological polar surface area (TPSA) is 64.6 Å². The van der Waals surface area contributed by atoms with Gasteiger partial charge in [0, 0.05) is 0 Å². The van der Waals surface area contributed by atoms with Gasteiger partial charge in [-0.05, 0) is 30.3 Å². The lowest BCUT2D eigenvalue weighted by atomic mass is 10.2. The molecular weight excluding hydrogens is 379 g/mol. The van der Waals surface area contributed by atoms with Crippen molar-refractivity contribution in [1.82, 2.24) is 0 Å². The van der Waals surface area contributed by atoms with Crippen LogP contribution in [0.25, 0.3) is 0 Å². The van der Waals surface area contributed by atoms with Gasteiger partial charge in [0.05, 0.1) is 21.3 Å². The lowest BCUT2D eigenvalue weighted by Gasteiger charge is -2.10. The van der Waals surface area contributed by atoms with Crippen molar-refractivity contribution >= 4 is 40.8 Å². The normalized spacial score (nSPS) is 10.4. The Morgan fingerprint density at radius 3 is 2.36 bits per heavy atom. The maximum Gasteiger partial charge on any atom is 0.387 e. The fourth-order valence-electron chi connectivity index (χ4n) is 1.81. The standard InChI is InChI=1S/C16H11Cl2F2NO4/c17-11-5-2-6-12(18)14(11)21-13(22)8-24-15(23)9-3-1-4-10(7-9)25-16(19)20/h1-7,16H,8H2,(H,21,22). The first-order chi connectivity index (χ1) is 11.9. The average Bonchev–Trinajstić information content (AvgIpc) is 2.56. The molecule has 132 valence electrons. The van der Waals surface area contributed by atoms with Crippen molar-refractivity contribution in [3.05, 3.63) is 58.1 Å². The van der Waals surface area contributed by atoms with E-state index < -0.39 is 25.1 Å². The molecule has 0 spiro atoms. The third-order valence-electron chi connectivity index (χ3n) is 2.86. The third-order valence-corrected chi connectivity index (χ3v) is 3.49. The summed E-state index contributed by atoms with van der Waals surface area (Å²) in [5.74, 6) is -1.74. The SMILES string of the molecule is O=C(COC(=O)c1cccc(OC(F)F)c1)Nc1c(Cl)cccc1Cl. The summed E-state index contributed by atoms with van der Waals surface area (Å²) in [4.78, 5) is 23.7. The Labute approximate surface area is 151 Å². The zero-order valence-corrected chi connectivity index (χ0v) is 14.0. The molecule has 2 aromatic carbocycles. The largest absolute Gasteiger partial charge is 0.452 e. The quantitative estimate of drug-likeness (QED) is 0.744. The number of esters is 1. The highest BCUT2D eigenvalue weighted by molar-refractivity contribution is 6.39. The van der Waals surface area contributed by atoms with Crippen molar-refractivity contribution < 1.29 is 27.8 Å². The molecule has 2 rings (SSSR count). The molecule has 0 aliphatic carbocycles. The molecule has 2 aromatic rings. The minimum Gasteiger partial charge on any atom is -0.452 e. The first-order valence-corrected chi connectivity index (χ1v) is 7.58. The summed E-state index contributed by atoms with van der Waals surface area (Å²) in [5.41, 5.74) is 0.154. The van der Waals surface area contributed by atoms with Crippen molar-refractivity contribution in [2.24, 2.45) is 0 Å². The number of amides is 1. The van der Waals surface area contributed by atoms with Gasteiger partial charge < -0.3 is 14.8 Å². The summed E-state index contributed by atoms with van der Waals surface area (Å²) in [6, 6.07) is 9.69. The van der Waals surface area contributed by atoms with Gasteiger partial charge >= 0.3 is 12.6 Å². The Morgan fingerprint density at radius 1 is 1.08 bits per heavy atom. The molecule has 0 saturated heterocycles. The Kier molecular flexibility index (Phi) is 6.55. The summed E-state index contributed by atoms with van der Waals surface area (Å²) in [7, 11) is 0. The van der Waals surface area contributed by atoms with Crippen LogP contribution in [0.4, 0.5) is 14.5 Å². The van der Waals surface area contributed by atoms with Crippen LogP contribution in [0.15, 0.2) is 42.5 Å². The van der Waals surface area contributed by atoms with Gasteiger partial charge in [-0.2, -0.15) is 8.78 Å². The molecule has 0 heterocycles. The van der Waals surface area contributed by atoms with Crippen LogP contribution in [-0.4, -0.2) is 25.1 Å². The second-order valence-electron chi connectivity index (χ2n) is 4.63. The number of hydrogen-bond acceptors (Lipinski definition) is 4. The molecule has 1 amide bonds. The lowest BCUT2D eigenvalue weighted by Crippen LogP contribution is -2.21. The number of ether oxygens (including phenoxy) is 2. The van der Waals surface area contributed by atoms with Gasteiger partial charge in [-0.3, -0.25) is 4.79 Å². The van der Waals surface area contributed by atoms with Crippen molar-refractivity contribution in [3.63, 3.8) is 0 Å². The maximum absolute atomic E-state index is 12.2. The van der Waals surface area contributed by atoms with Gasteiger partial charge in [-0.1, -0.05) is 35.3 Å². The van der Waals surface area contributed by atoms with Gasteiger partial charge in [0.15, 0.2) is 6.61 Å². The predicted octanol–water partition coefficient (Wildman–Crippen LogP) is 4.39. The van der Waals surface area contributed by atoms with Crippen molar-refractivity contribution in [2.45, 2.75) is 6.61 Å². The molecule has 0 saturated carbocycles. The molecule has 0 aromatic heterocycles. The van der Waals surface area contributed by atoms with Crippen LogP contribution in [0.5, 0.6) is 5.75 Å². The minimum absolute atomic E-state index is 0.0401. The van der Waals surface area contributed by atoms with Crippen LogP contribution in [0.1, 0.15) is 10.4 Å². The molecule has 9 heteroatoms. The minimum atomic E-state index is -3.02. The zero-order valence-electron chi connectivity index (χ0n) is 12.5. The van der Waals surface area contributed by atoms with Crippen molar-refractivity contribution in [1.29, 1.82) is 0 Å². The van der Waals surface area contributed by atoms with E-state index in [0.29, 0.717) is 0 Å². The molecule has 0 radical (unpaired) electrons. The molecule has 0 bridgehead atoms. The third kappa shape index (κ3) is 5.58. The first kappa shape index (κ1) is 19.0. The van der Waals surface area contributed by atoms with Gasteiger partial charge in [0.25, 0.3) is 5.91 Å². The molecule has 1 N–H and O–H groups in total. The summed E-state index contributed by atoms with van der Waals surface area (Å²) in [6.07, 6.45) is 0. The Morgan fingerprint density at radius 2 is 1.72 bits per heavy atom. The average molecular weight is 390 g/mol. The monoisotopic (exact) mass is 389 g/mol. The number of carbonyl (C=O) groups excluding carboxylic acids is 2. The highest BCUT2D eigenvalue weighted by Gasteiger charge is 2.14. The number of nitrogens with one attached hydrogen (secondary N) is 1. The van der Waals surface area contributed by atoms with Crippen LogP contribution >= 0.6 is 23.2 Å². The summed E-state index contributed by atoms with van der Waals surface area (Å²) >= 11 is 11.8. The van der Waals surface area contributed by atoms with Crippen LogP contribution < -0.4 is 10.1 Å². The molecule has 0 aliphatic rings. The molecule has 0 atom stereocenters. The Hall–Kier alpha value is -2.38. The van der Waals surface area contributed by atoms with E-state index in [9.17, 15) is 18.4 Å². The van der Waals surface area contributed by atoms with Gasteiger partial charge in [-0.15, -0.1) is 0 Å². The fraction of sp³-hybridized carbons (Fsp3) is 0.125. The Bertz CT molecular complexity index is 766. The second-order valence-corrected chi connectivity index (χ2v) is 5.44. The van der Waals surface area contributed by atoms with Crippen LogP contribution in [-0.2, 0) is 9.53 Å².